The lowest BCUT2D eigenvalue weighted by atomic mass is 10.1. The highest BCUT2D eigenvalue weighted by Gasteiger charge is 2.28. The summed E-state index contributed by atoms with van der Waals surface area (Å²) in [6.07, 6.45) is 0. The van der Waals surface area contributed by atoms with E-state index in [4.69, 9.17) is 14.2 Å². The minimum Gasteiger partial charge on any atom is -0.497 e. The first-order valence-corrected chi connectivity index (χ1v) is 9.15. The van der Waals surface area contributed by atoms with E-state index in [1.807, 2.05) is 0 Å². The van der Waals surface area contributed by atoms with Crippen LogP contribution in [0.3, 0.4) is 0 Å². The van der Waals surface area contributed by atoms with Gasteiger partial charge >= 0.3 is 0 Å². The zero-order chi connectivity index (χ0) is 20.8. The number of nitrogens with zero attached hydrogens (tertiary/aromatic N) is 1. The quantitative estimate of drug-likeness (QED) is 0.682. The van der Waals surface area contributed by atoms with E-state index in [-0.39, 0.29) is 37.4 Å². The molecule has 1 N–H and O–H groups in total. The number of amides is 2. The van der Waals surface area contributed by atoms with E-state index < -0.39 is 0 Å². The first-order chi connectivity index (χ1) is 14.0. The third-order valence-electron chi connectivity index (χ3n) is 4.33. The van der Waals surface area contributed by atoms with Gasteiger partial charge in [0.05, 0.1) is 12.8 Å². The minimum absolute atomic E-state index is 0.136. The van der Waals surface area contributed by atoms with Gasteiger partial charge in [-0.15, -0.1) is 0 Å². The largest absolute Gasteiger partial charge is 0.497 e. The Morgan fingerprint density at radius 1 is 1.14 bits per heavy atom. The monoisotopic (exact) mass is 398 g/mol. The van der Waals surface area contributed by atoms with Crippen molar-refractivity contribution in [2.75, 3.05) is 38.3 Å². The lowest BCUT2D eigenvalue weighted by Gasteiger charge is -2.29. The molecule has 0 aliphatic carbocycles. The number of fused-ring (bicyclic) bond motifs is 1. The van der Waals surface area contributed by atoms with Gasteiger partial charge in [0.2, 0.25) is 5.91 Å². The van der Waals surface area contributed by atoms with Gasteiger partial charge < -0.3 is 19.5 Å². The van der Waals surface area contributed by atoms with Crippen molar-refractivity contribution in [2.45, 2.75) is 6.92 Å². The Morgan fingerprint density at radius 2 is 1.86 bits per heavy atom. The molecular weight excluding hydrogens is 376 g/mol. The van der Waals surface area contributed by atoms with E-state index in [9.17, 15) is 14.4 Å². The number of likely N-dealkylation sites (N-methyl/N-ethyl adjacent to an activating group) is 1. The Kier molecular flexibility index (Phi) is 6.33. The second kappa shape index (κ2) is 9.09. The molecule has 0 fully saturated rings. The number of carbonyl (C=O) groups is 3. The molecule has 0 bridgehead atoms. The maximum absolute atomic E-state index is 12.6. The van der Waals surface area contributed by atoms with Crippen molar-refractivity contribution >= 4 is 23.3 Å². The van der Waals surface area contributed by atoms with Crippen LogP contribution in [0.4, 0.5) is 5.69 Å². The molecule has 3 rings (SSSR count). The SMILES string of the molecule is CCNC(=O)CN1C(=O)COc2ccc(C(=O)COc3ccc(OC)cc3)cc21. The normalized spacial score (nSPS) is 12.6. The van der Waals surface area contributed by atoms with Crippen molar-refractivity contribution in [3.8, 4) is 17.2 Å². The summed E-state index contributed by atoms with van der Waals surface area (Å²) in [7, 11) is 1.57. The van der Waals surface area contributed by atoms with Crippen LogP contribution in [-0.2, 0) is 9.59 Å². The van der Waals surface area contributed by atoms with Gasteiger partial charge in [-0.2, -0.15) is 0 Å². The molecule has 152 valence electrons. The van der Waals surface area contributed by atoms with Crippen LogP contribution in [0.5, 0.6) is 17.2 Å². The van der Waals surface area contributed by atoms with Gasteiger partial charge in [-0.3, -0.25) is 19.3 Å². The lowest BCUT2D eigenvalue weighted by molar-refractivity contribution is -0.125. The molecule has 29 heavy (non-hydrogen) atoms. The summed E-state index contributed by atoms with van der Waals surface area (Å²) in [5.74, 6) is 0.779. The van der Waals surface area contributed by atoms with E-state index in [1.165, 1.54) is 4.90 Å². The van der Waals surface area contributed by atoms with Gasteiger partial charge in [-0.25, -0.2) is 0 Å². The van der Waals surface area contributed by atoms with Crippen LogP contribution >= 0.6 is 0 Å². The molecule has 8 heteroatoms. The number of ketones is 1. The number of benzene rings is 2. The topological polar surface area (TPSA) is 94.2 Å². The third kappa shape index (κ3) is 4.84. The van der Waals surface area contributed by atoms with Crippen molar-refractivity contribution in [3.63, 3.8) is 0 Å². The number of hydrogen-bond acceptors (Lipinski definition) is 6. The molecule has 0 aromatic heterocycles. The van der Waals surface area contributed by atoms with E-state index >= 15 is 0 Å². The van der Waals surface area contributed by atoms with E-state index in [2.05, 4.69) is 5.32 Å². The number of rotatable bonds is 8. The van der Waals surface area contributed by atoms with Gasteiger partial charge in [0.15, 0.2) is 19.0 Å². The Hall–Kier alpha value is -3.55. The fraction of sp³-hybridized carbons (Fsp3) is 0.286. The lowest BCUT2D eigenvalue weighted by Crippen LogP contribution is -2.45. The van der Waals surface area contributed by atoms with Gasteiger partial charge in [0, 0.05) is 12.1 Å². The maximum Gasteiger partial charge on any atom is 0.265 e. The van der Waals surface area contributed by atoms with Crippen LogP contribution < -0.4 is 24.4 Å². The summed E-state index contributed by atoms with van der Waals surface area (Å²) in [6, 6.07) is 11.7. The van der Waals surface area contributed by atoms with E-state index in [0.29, 0.717) is 35.0 Å². The smallest absolute Gasteiger partial charge is 0.265 e. The summed E-state index contributed by atoms with van der Waals surface area (Å²) < 4.78 is 16.0. The molecule has 1 heterocycles. The molecule has 0 unspecified atom stereocenters. The maximum atomic E-state index is 12.6. The van der Waals surface area contributed by atoms with Crippen LogP contribution in [0.15, 0.2) is 42.5 Å². The molecule has 0 spiro atoms. The predicted octanol–water partition coefficient (Wildman–Crippen LogP) is 1.82. The number of carbonyl (C=O) groups excluding carboxylic acids is 3. The zero-order valence-corrected chi connectivity index (χ0v) is 16.3. The van der Waals surface area contributed by atoms with Crippen molar-refractivity contribution < 1.29 is 28.6 Å². The summed E-state index contributed by atoms with van der Waals surface area (Å²) in [5.41, 5.74) is 0.749. The highest BCUT2D eigenvalue weighted by atomic mass is 16.5. The molecule has 2 aromatic rings. The van der Waals surface area contributed by atoms with E-state index in [0.717, 1.165) is 0 Å². The van der Waals surface area contributed by atoms with Crippen molar-refractivity contribution in [2.24, 2.45) is 0 Å². The van der Waals surface area contributed by atoms with E-state index in [1.54, 1.807) is 56.5 Å². The molecule has 0 atom stereocenters. The fourth-order valence-corrected chi connectivity index (χ4v) is 2.85. The first-order valence-electron chi connectivity index (χ1n) is 9.15. The Bertz CT molecular complexity index is 910. The number of ether oxygens (including phenoxy) is 3. The second-order valence-corrected chi connectivity index (χ2v) is 6.29. The van der Waals surface area contributed by atoms with Crippen molar-refractivity contribution in [1.82, 2.24) is 5.32 Å². The first kappa shape index (κ1) is 20.2. The number of nitrogens with one attached hydrogen (secondary N) is 1. The molecule has 2 aromatic carbocycles. The molecule has 1 aliphatic heterocycles. The van der Waals surface area contributed by atoms with Gasteiger partial charge in [-0.05, 0) is 49.4 Å². The van der Waals surface area contributed by atoms with Gasteiger partial charge in [-0.1, -0.05) is 0 Å². The van der Waals surface area contributed by atoms with Gasteiger partial charge in [0.1, 0.15) is 23.8 Å². The number of methoxy groups -OCH3 is 1. The molecule has 0 radical (unpaired) electrons. The Morgan fingerprint density at radius 3 is 2.55 bits per heavy atom. The number of anilines is 1. The third-order valence-corrected chi connectivity index (χ3v) is 4.33. The summed E-state index contributed by atoms with van der Waals surface area (Å²) in [6.45, 7) is 1.80. The highest BCUT2D eigenvalue weighted by Crippen LogP contribution is 2.33. The number of Topliss-reactive ketones (excluding diaryl/α,β-unsaturated/α-hetero) is 1. The van der Waals surface area contributed by atoms with Crippen LogP contribution in [-0.4, -0.2) is 51.0 Å². The van der Waals surface area contributed by atoms with Crippen molar-refractivity contribution in [3.05, 3.63) is 48.0 Å². The van der Waals surface area contributed by atoms with Crippen molar-refractivity contribution in [1.29, 1.82) is 0 Å². The molecule has 0 saturated carbocycles. The van der Waals surface area contributed by atoms with Crippen LogP contribution in [0, 0.1) is 0 Å². The molecule has 8 nitrogen and oxygen atoms in total. The van der Waals surface area contributed by atoms with Crippen LogP contribution in [0.1, 0.15) is 17.3 Å². The Balaban J connectivity index is 1.73. The van der Waals surface area contributed by atoms with Gasteiger partial charge in [0.25, 0.3) is 5.91 Å². The summed E-state index contributed by atoms with van der Waals surface area (Å²) >= 11 is 0. The molecule has 0 saturated heterocycles. The molecule has 2 amide bonds. The van der Waals surface area contributed by atoms with Crippen LogP contribution in [0.2, 0.25) is 0 Å². The fourth-order valence-electron chi connectivity index (χ4n) is 2.85. The second-order valence-electron chi connectivity index (χ2n) is 6.29. The average Bonchev–Trinajstić information content (AvgIpc) is 2.74. The highest BCUT2D eigenvalue weighted by molar-refractivity contribution is 6.04. The number of hydrogen-bond donors (Lipinski definition) is 1. The molecule has 1 aliphatic rings. The summed E-state index contributed by atoms with van der Waals surface area (Å²) in [4.78, 5) is 38.1. The average molecular weight is 398 g/mol. The standard InChI is InChI=1S/C21H22N2O6/c1-3-22-20(25)11-23-17-10-14(4-9-19(17)29-13-21(23)26)18(24)12-28-16-7-5-15(27-2)6-8-16/h4-10H,3,11-13H2,1-2H3,(H,22,25). The Labute approximate surface area is 168 Å². The van der Waals surface area contributed by atoms with Crippen LogP contribution in [0.25, 0.3) is 0 Å². The predicted molar refractivity (Wildman–Crippen MR) is 106 cm³/mol. The zero-order valence-electron chi connectivity index (χ0n) is 16.3. The molecular formula is C21H22N2O6. The summed E-state index contributed by atoms with van der Waals surface area (Å²) in [5, 5.41) is 2.66. The minimum atomic E-state index is -0.345.